The summed E-state index contributed by atoms with van der Waals surface area (Å²) in [5.74, 6) is 6.13. The molecule has 0 amide bonds. The molecule has 4 heteroatoms. The highest BCUT2D eigenvalue weighted by Gasteiger charge is 2.23. The molecule has 1 aliphatic rings. The monoisotopic (exact) mass is 325 g/mol. The van der Waals surface area contributed by atoms with Crippen LogP contribution in [-0.4, -0.2) is 25.8 Å². The molecule has 0 fully saturated rings. The third-order valence-corrected chi connectivity index (χ3v) is 5.87. The van der Waals surface area contributed by atoms with Gasteiger partial charge in [-0.3, -0.25) is 0 Å². The van der Waals surface area contributed by atoms with Crippen molar-refractivity contribution in [3.05, 3.63) is 65.2 Å². The van der Waals surface area contributed by atoms with Crippen molar-refractivity contribution in [1.82, 2.24) is 4.31 Å². The van der Waals surface area contributed by atoms with Gasteiger partial charge in [0, 0.05) is 12.1 Å². The summed E-state index contributed by atoms with van der Waals surface area (Å²) in [4.78, 5) is 0.335. The lowest BCUT2D eigenvalue weighted by Gasteiger charge is -2.19. The van der Waals surface area contributed by atoms with Crippen molar-refractivity contribution in [2.24, 2.45) is 0 Å². The number of rotatable bonds is 2. The van der Waals surface area contributed by atoms with Crippen LogP contribution in [-0.2, 0) is 16.4 Å². The maximum absolute atomic E-state index is 12.8. The highest BCUT2D eigenvalue weighted by Crippen LogP contribution is 2.18. The van der Waals surface area contributed by atoms with Crippen LogP contribution in [0.4, 0.5) is 0 Å². The van der Waals surface area contributed by atoms with E-state index in [-0.39, 0.29) is 6.54 Å². The summed E-state index contributed by atoms with van der Waals surface area (Å²) < 4.78 is 27.1. The largest absolute Gasteiger partial charge is 0.243 e. The summed E-state index contributed by atoms with van der Waals surface area (Å²) in [5.41, 5.74) is 3.24. The summed E-state index contributed by atoms with van der Waals surface area (Å²) in [5, 5.41) is 0. The van der Waals surface area contributed by atoms with Crippen LogP contribution in [0.25, 0.3) is 0 Å². The fourth-order valence-electron chi connectivity index (χ4n) is 2.67. The van der Waals surface area contributed by atoms with E-state index in [0.717, 1.165) is 24.0 Å². The first-order valence-corrected chi connectivity index (χ1v) is 9.15. The van der Waals surface area contributed by atoms with E-state index < -0.39 is 10.0 Å². The second-order valence-electron chi connectivity index (χ2n) is 5.71. The van der Waals surface area contributed by atoms with E-state index in [1.165, 1.54) is 9.87 Å². The minimum Gasteiger partial charge on any atom is -0.207 e. The summed E-state index contributed by atoms with van der Waals surface area (Å²) in [6.45, 7) is 2.66. The van der Waals surface area contributed by atoms with Crippen molar-refractivity contribution < 1.29 is 8.42 Å². The molecule has 0 spiro atoms. The van der Waals surface area contributed by atoms with Gasteiger partial charge >= 0.3 is 0 Å². The van der Waals surface area contributed by atoms with Crippen molar-refractivity contribution >= 4 is 10.0 Å². The molecule has 0 radical (unpaired) electrons. The first kappa shape index (κ1) is 15.8. The highest BCUT2D eigenvalue weighted by atomic mass is 32.2. The third-order valence-electron chi connectivity index (χ3n) is 4.01. The Balaban J connectivity index is 1.88. The van der Waals surface area contributed by atoms with E-state index in [1.54, 1.807) is 12.1 Å². The Morgan fingerprint density at radius 1 is 1.04 bits per heavy atom. The maximum atomic E-state index is 12.8. The molecule has 0 aromatic heterocycles. The van der Waals surface area contributed by atoms with Crippen LogP contribution < -0.4 is 0 Å². The van der Waals surface area contributed by atoms with Gasteiger partial charge in [-0.25, -0.2) is 8.42 Å². The zero-order valence-electron chi connectivity index (χ0n) is 13.1. The Morgan fingerprint density at radius 3 is 2.57 bits per heavy atom. The van der Waals surface area contributed by atoms with E-state index >= 15 is 0 Å². The quantitative estimate of drug-likeness (QED) is 0.796. The van der Waals surface area contributed by atoms with Crippen LogP contribution >= 0.6 is 0 Å². The molecule has 2 aromatic rings. The molecule has 0 saturated carbocycles. The lowest BCUT2D eigenvalue weighted by molar-refractivity contribution is 0.439. The van der Waals surface area contributed by atoms with Gasteiger partial charge in [0.1, 0.15) is 0 Å². The van der Waals surface area contributed by atoms with Crippen LogP contribution in [0.1, 0.15) is 23.1 Å². The molecule has 3 nitrogen and oxygen atoms in total. The summed E-state index contributed by atoms with van der Waals surface area (Å²) >= 11 is 0. The average Bonchev–Trinajstić information content (AvgIpc) is 2.65. The molecule has 0 unspecified atom stereocenters. The molecule has 3 rings (SSSR count). The molecule has 1 heterocycles. The number of sulfonamides is 1. The van der Waals surface area contributed by atoms with Gasteiger partial charge in [0.25, 0.3) is 0 Å². The van der Waals surface area contributed by atoms with Gasteiger partial charge in [-0.2, -0.15) is 4.31 Å². The molecule has 0 aliphatic carbocycles. The fraction of sp³-hybridized carbons (Fsp3) is 0.263. The summed E-state index contributed by atoms with van der Waals surface area (Å²) in [6, 6.07) is 15.0. The van der Waals surface area contributed by atoms with Crippen LogP contribution in [0.2, 0.25) is 0 Å². The van der Waals surface area contributed by atoms with Crippen molar-refractivity contribution in [2.75, 3.05) is 13.1 Å². The number of nitrogens with zero attached hydrogens (tertiary/aromatic N) is 1. The molecule has 0 saturated heterocycles. The minimum atomic E-state index is -3.49. The van der Waals surface area contributed by atoms with E-state index in [0.29, 0.717) is 11.4 Å². The number of fused-ring (bicyclic) bond motifs is 1. The molecule has 0 N–H and O–H groups in total. The second kappa shape index (κ2) is 6.57. The number of benzene rings is 2. The molecule has 2 aromatic carbocycles. The Labute approximate surface area is 138 Å². The Kier molecular flexibility index (Phi) is 4.51. The predicted octanol–water partition coefficient (Wildman–Crippen LogP) is 2.98. The topological polar surface area (TPSA) is 37.4 Å². The summed E-state index contributed by atoms with van der Waals surface area (Å²) in [7, 11) is -3.49. The third kappa shape index (κ3) is 3.47. The maximum Gasteiger partial charge on any atom is 0.243 e. The first-order chi connectivity index (χ1) is 11.1. The number of hydrogen-bond donors (Lipinski definition) is 0. The van der Waals surface area contributed by atoms with Crippen LogP contribution in [0.3, 0.4) is 0 Å². The van der Waals surface area contributed by atoms with Gasteiger partial charge in [-0.1, -0.05) is 47.7 Å². The molecular weight excluding hydrogens is 306 g/mol. The van der Waals surface area contributed by atoms with Gasteiger partial charge in [-0.15, -0.1) is 0 Å². The molecule has 118 valence electrons. The van der Waals surface area contributed by atoms with Crippen LogP contribution in [0, 0.1) is 18.8 Å². The number of aryl methyl sites for hydroxylation is 2. The number of hydrogen-bond acceptors (Lipinski definition) is 2. The minimum absolute atomic E-state index is 0.227. The fourth-order valence-corrected chi connectivity index (χ4v) is 4.05. The van der Waals surface area contributed by atoms with Gasteiger partial charge in [-0.05, 0) is 43.5 Å². The standard InChI is InChI=1S/C19H19NO2S/c1-16-10-12-19(13-11-16)23(21,22)20-14-4-8-17-6-2-3-7-18(17)9-5-15-20/h2-3,6-7,10-13H,4,8,14-15H2,1H3. The molecule has 0 atom stereocenters. The zero-order chi connectivity index (χ0) is 16.3. The lowest BCUT2D eigenvalue weighted by Crippen LogP contribution is -2.32. The Bertz CT molecular complexity index is 858. The van der Waals surface area contributed by atoms with Crippen molar-refractivity contribution in [3.8, 4) is 11.8 Å². The van der Waals surface area contributed by atoms with Crippen LogP contribution in [0.5, 0.6) is 0 Å². The molecule has 0 bridgehead atoms. The van der Waals surface area contributed by atoms with Crippen molar-refractivity contribution in [3.63, 3.8) is 0 Å². The van der Waals surface area contributed by atoms with Gasteiger partial charge in [0.2, 0.25) is 10.0 Å². The van der Waals surface area contributed by atoms with Crippen molar-refractivity contribution in [1.29, 1.82) is 0 Å². The van der Waals surface area contributed by atoms with Crippen LogP contribution in [0.15, 0.2) is 53.4 Å². The zero-order valence-corrected chi connectivity index (χ0v) is 13.9. The molecule has 1 aliphatic heterocycles. The smallest absolute Gasteiger partial charge is 0.207 e. The van der Waals surface area contributed by atoms with E-state index in [1.807, 2.05) is 37.3 Å². The molecular formula is C19H19NO2S. The predicted molar refractivity (Wildman–Crippen MR) is 91.6 cm³/mol. The van der Waals surface area contributed by atoms with Crippen molar-refractivity contribution in [2.45, 2.75) is 24.7 Å². The van der Waals surface area contributed by atoms with Gasteiger partial charge in [0.05, 0.1) is 11.4 Å². The SMILES string of the molecule is Cc1ccc(S(=O)(=O)N2CC#Cc3ccccc3CCC2)cc1. The van der Waals surface area contributed by atoms with E-state index in [9.17, 15) is 8.42 Å². The molecule has 23 heavy (non-hydrogen) atoms. The normalized spacial score (nSPS) is 15.5. The summed E-state index contributed by atoms with van der Waals surface area (Å²) in [6.07, 6.45) is 1.62. The lowest BCUT2D eigenvalue weighted by atomic mass is 10.0. The highest BCUT2D eigenvalue weighted by molar-refractivity contribution is 7.89. The second-order valence-corrected chi connectivity index (χ2v) is 7.65. The Hall–Kier alpha value is -2.09. The van der Waals surface area contributed by atoms with Gasteiger partial charge in [0.15, 0.2) is 0 Å². The Morgan fingerprint density at radius 2 is 1.78 bits per heavy atom. The van der Waals surface area contributed by atoms with E-state index in [2.05, 4.69) is 17.9 Å². The van der Waals surface area contributed by atoms with Gasteiger partial charge < -0.3 is 0 Å². The van der Waals surface area contributed by atoms with E-state index in [4.69, 9.17) is 0 Å². The average molecular weight is 325 g/mol. The first-order valence-electron chi connectivity index (χ1n) is 7.71.